The van der Waals surface area contributed by atoms with Crippen molar-refractivity contribution in [2.45, 2.75) is 5.41 Å². The van der Waals surface area contributed by atoms with Gasteiger partial charge >= 0.3 is 0 Å². The average Bonchev–Trinajstić information content (AvgIpc) is 3.89. The minimum absolute atomic E-state index is 0.489. The van der Waals surface area contributed by atoms with E-state index in [2.05, 4.69) is 195 Å². The van der Waals surface area contributed by atoms with E-state index in [-0.39, 0.29) is 0 Å². The lowest BCUT2D eigenvalue weighted by molar-refractivity contribution is 0.793. The standard InChI is InChI=1S/C49H32B2N2/c50-29-17-21-33-34-22-18-30(51)26-42(34)49(41(33)25-29)43-27-31(52-45-13-5-1-9-37(45)38-10-2-6-14-46(38)52)19-23-35(43)36-24-20-32(28-44(36)49)53-47-15-7-3-11-39(47)40-12-4-8-16-48(40)53/h1-28H,50-51H2. The molecule has 0 N–H and O–H groups in total. The molecule has 0 atom stereocenters. The van der Waals surface area contributed by atoms with Gasteiger partial charge in [0.25, 0.3) is 0 Å². The second-order valence-electron chi connectivity index (χ2n) is 15.0. The molecule has 0 bridgehead atoms. The van der Waals surface area contributed by atoms with Gasteiger partial charge in [-0.2, -0.15) is 0 Å². The van der Waals surface area contributed by atoms with Gasteiger partial charge in [-0.25, -0.2) is 0 Å². The fourth-order valence-corrected chi connectivity index (χ4v) is 10.1. The molecule has 0 amide bonds. The minimum Gasteiger partial charge on any atom is -0.309 e. The van der Waals surface area contributed by atoms with Gasteiger partial charge in [-0.3, -0.25) is 0 Å². The van der Waals surface area contributed by atoms with Crippen molar-refractivity contribution >= 4 is 70.2 Å². The summed E-state index contributed by atoms with van der Waals surface area (Å²) in [6, 6.07) is 64.0. The molecule has 2 nitrogen and oxygen atoms in total. The summed E-state index contributed by atoms with van der Waals surface area (Å²) in [5, 5.41) is 5.11. The molecule has 8 aromatic carbocycles. The Morgan fingerprint density at radius 3 is 0.981 bits per heavy atom. The van der Waals surface area contributed by atoms with Crippen LogP contribution in [-0.4, -0.2) is 24.8 Å². The largest absolute Gasteiger partial charge is 0.309 e. The third-order valence-electron chi connectivity index (χ3n) is 12.2. The SMILES string of the molecule is Bc1ccc2c(c1)C1(c3cc(B)ccc3-2)c2cc(-n3c4ccccc4c4ccccc43)ccc2-c2ccc(-n3c4ccccc4c4ccccc43)cc21. The van der Waals surface area contributed by atoms with E-state index >= 15 is 0 Å². The molecule has 0 unspecified atom stereocenters. The Balaban J connectivity index is 1.21. The number of hydrogen-bond acceptors (Lipinski definition) is 0. The number of fused-ring (bicyclic) bond motifs is 16. The van der Waals surface area contributed by atoms with Gasteiger partial charge in [0.15, 0.2) is 0 Å². The van der Waals surface area contributed by atoms with Crippen molar-refractivity contribution in [2.24, 2.45) is 0 Å². The van der Waals surface area contributed by atoms with E-state index in [1.54, 1.807) is 0 Å². The highest BCUT2D eigenvalue weighted by molar-refractivity contribution is 6.33. The molecule has 0 saturated carbocycles. The maximum atomic E-state index is 2.51. The molecule has 2 aliphatic carbocycles. The molecule has 12 rings (SSSR count). The smallest absolute Gasteiger partial charge is 0.139 e. The lowest BCUT2D eigenvalue weighted by Crippen LogP contribution is -2.28. The Morgan fingerprint density at radius 1 is 0.321 bits per heavy atom. The molecule has 53 heavy (non-hydrogen) atoms. The van der Waals surface area contributed by atoms with Gasteiger partial charge < -0.3 is 9.13 Å². The van der Waals surface area contributed by atoms with Gasteiger partial charge in [-0.15, -0.1) is 0 Å². The minimum atomic E-state index is -0.489. The first-order valence-electron chi connectivity index (χ1n) is 18.6. The third kappa shape index (κ3) is 3.65. The molecule has 2 heterocycles. The van der Waals surface area contributed by atoms with Crippen molar-refractivity contribution in [3.8, 4) is 33.6 Å². The summed E-state index contributed by atoms with van der Waals surface area (Å²) in [6.07, 6.45) is 0. The lowest BCUT2D eigenvalue weighted by Gasteiger charge is -2.31. The fourth-order valence-electron chi connectivity index (χ4n) is 10.1. The van der Waals surface area contributed by atoms with E-state index in [0.29, 0.717) is 0 Å². The number of rotatable bonds is 2. The molecule has 2 aliphatic rings. The monoisotopic (exact) mass is 670 g/mol. The first-order valence-corrected chi connectivity index (χ1v) is 18.6. The van der Waals surface area contributed by atoms with E-state index in [9.17, 15) is 0 Å². The highest BCUT2D eigenvalue weighted by atomic mass is 15.0. The van der Waals surface area contributed by atoms with Crippen LogP contribution < -0.4 is 10.9 Å². The van der Waals surface area contributed by atoms with Crippen LogP contribution >= 0.6 is 0 Å². The molecule has 0 aliphatic heterocycles. The molecule has 244 valence electrons. The maximum Gasteiger partial charge on any atom is 0.139 e. The Hall–Kier alpha value is -6.51. The van der Waals surface area contributed by atoms with Crippen LogP contribution in [0, 0.1) is 0 Å². The van der Waals surface area contributed by atoms with Crippen molar-refractivity contribution in [1.82, 2.24) is 9.13 Å². The predicted octanol–water partition coefficient (Wildman–Crippen LogP) is 8.74. The second-order valence-corrected chi connectivity index (χ2v) is 15.0. The van der Waals surface area contributed by atoms with Crippen molar-refractivity contribution in [2.75, 3.05) is 0 Å². The molecule has 0 saturated heterocycles. The number of benzene rings is 8. The summed E-state index contributed by atoms with van der Waals surface area (Å²) in [5.74, 6) is 0. The van der Waals surface area contributed by atoms with Crippen molar-refractivity contribution in [1.29, 1.82) is 0 Å². The van der Waals surface area contributed by atoms with Crippen LogP contribution in [0.25, 0.3) is 77.2 Å². The third-order valence-corrected chi connectivity index (χ3v) is 12.2. The molecular weight excluding hydrogens is 638 g/mol. The zero-order chi connectivity index (χ0) is 35.0. The first kappa shape index (κ1) is 29.1. The Bertz CT molecular complexity index is 2890. The topological polar surface area (TPSA) is 9.86 Å². The number of nitrogens with zero attached hydrogens (tertiary/aromatic N) is 2. The summed E-state index contributed by atoms with van der Waals surface area (Å²) < 4.78 is 4.93. The molecule has 2 aromatic heterocycles. The Morgan fingerprint density at radius 2 is 0.623 bits per heavy atom. The second kappa shape index (κ2) is 10.3. The quantitative estimate of drug-likeness (QED) is 0.163. The van der Waals surface area contributed by atoms with Gasteiger partial charge in [0.1, 0.15) is 15.7 Å². The van der Waals surface area contributed by atoms with Crippen molar-refractivity contribution < 1.29 is 0 Å². The van der Waals surface area contributed by atoms with Gasteiger partial charge in [0.05, 0.1) is 27.5 Å². The zero-order valence-electron chi connectivity index (χ0n) is 29.6. The number of hydrogen-bond donors (Lipinski definition) is 0. The fraction of sp³-hybridized carbons (Fsp3) is 0.0204. The van der Waals surface area contributed by atoms with Crippen molar-refractivity contribution in [3.63, 3.8) is 0 Å². The van der Waals surface area contributed by atoms with Crippen LogP contribution in [-0.2, 0) is 5.41 Å². The van der Waals surface area contributed by atoms with E-state index in [4.69, 9.17) is 0 Å². The van der Waals surface area contributed by atoms with Gasteiger partial charge in [0.2, 0.25) is 0 Å². The van der Waals surface area contributed by atoms with Crippen molar-refractivity contribution in [3.05, 3.63) is 192 Å². The van der Waals surface area contributed by atoms with E-state index in [1.165, 1.54) is 110 Å². The summed E-state index contributed by atoms with van der Waals surface area (Å²) in [7, 11) is 4.48. The normalized spacial score (nSPS) is 13.6. The molecule has 4 heteroatoms. The van der Waals surface area contributed by atoms with E-state index < -0.39 is 5.41 Å². The van der Waals surface area contributed by atoms with E-state index in [0.717, 1.165) is 0 Å². The average molecular weight is 670 g/mol. The van der Waals surface area contributed by atoms with Crippen LogP contribution in [0.15, 0.2) is 170 Å². The summed E-state index contributed by atoms with van der Waals surface area (Å²) in [4.78, 5) is 0. The Labute approximate surface area is 309 Å². The summed E-state index contributed by atoms with van der Waals surface area (Å²) in [6.45, 7) is 0. The summed E-state index contributed by atoms with van der Waals surface area (Å²) >= 11 is 0. The zero-order valence-corrected chi connectivity index (χ0v) is 29.6. The van der Waals surface area contributed by atoms with Crippen LogP contribution in [0.2, 0.25) is 0 Å². The molecular formula is C49H32B2N2. The highest BCUT2D eigenvalue weighted by Gasteiger charge is 2.52. The molecule has 1 spiro atoms. The van der Waals surface area contributed by atoms with Crippen LogP contribution in [0.4, 0.5) is 0 Å². The first-order chi connectivity index (χ1) is 26.1. The van der Waals surface area contributed by atoms with Crippen LogP contribution in [0.3, 0.4) is 0 Å². The van der Waals surface area contributed by atoms with E-state index in [1.807, 2.05) is 0 Å². The number of para-hydroxylation sites is 4. The number of aromatic nitrogens is 2. The molecule has 10 aromatic rings. The van der Waals surface area contributed by atoms with Crippen LogP contribution in [0.5, 0.6) is 0 Å². The summed E-state index contributed by atoms with van der Waals surface area (Å²) in [5.41, 5.74) is 20.1. The Kier molecular flexibility index (Phi) is 5.66. The molecule has 0 radical (unpaired) electrons. The maximum absolute atomic E-state index is 2.51. The van der Waals surface area contributed by atoms with Gasteiger partial charge in [-0.05, 0) is 93.0 Å². The van der Waals surface area contributed by atoms with Gasteiger partial charge in [0, 0.05) is 32.9 Å². The predicted molar refractivity (Wildman–Crippen MR) is 228 cm³/mol. The highest BCUT2D eigenvalue weighted by Crippen LogP contribution is 2.63. The molecule has 0 fully saturated rings. The van der Waals surface area contributed by atoms with Crippen LogP contribution in [0.1, 0.15) is 22.3 Å². The lowest BCUT2D eigenvalue weighted by atomic mass is 9.69. The van der Waals surface area contributed by atoms with Gasteiger partial charge in [-0.1, -0.05) is 132 Å².